The number of halogens is 1. The van der Waals surface area contributed by atoms with Gasteiger partial charge in [-0.3, -0.25) is 0 Å². The summed E-state index contributed by atoms with van der Waals surface area (Å²) < 4.78 is 15.4. The molecule has 0 radical (unpaired) electrons. The summed E-state index contributed by atoms with van der Waals surface area (Å²) in [5.74, 6) is 0.0618. The quantitative estimate of drug-likeness (QED) is 0.294. The number of fused-ring (bicyclic) bond motifs is 3. The predicted molar refractivity (Wildman–Crippen MR) is 130 cm³/mol. The number of aromatic nitrogens is 4. The van der Waals surface area contributed by atoms with Crippen LogP contribution in [-0.4, -0.2) is 25.1 Å². The zero-order chi connectivity index (χ0) is 23.4. The summed E-state index contributed by atoms with van der Waals surface area (Å²) in [6.45, 7) is 3.84. The second-order valence-corrected chi connectivity index (χ2v) is 9.43. The molecule has 0 spiro atoms. The Morgan fingerprint density at radius 3 is 2.44 bits per heavy atom. The summed E-state index contributed by atoms with van der Waals surface area (Å²) in [6, 6.07) is 18.7. The fourth-order valence-electron chi connectivity index (χ4n) is 4.95. The van der Waals surface area contributed by atoms with Crippen molar-refractivity contribution in [2.24, 2.45) is 5.18 Å². The fraction of sp³-hybridized carbons (Fsp3) is 0.222. The molecule has 7 heteroatoms. The highest BCUT2D eigenvalue weighted by molar-refractivity contribution is 5.90. The third-order valence-corrected chi connectivity index (χ3v) is 6.78. The predicted octanol–water partition coefficient (Wildman–Crippen LogP) is 6.46. The first-order valence-corrected chi connectivity index (χ1v) is 11.3. The molecule has 168 valence electrons. The number of aryl methyl sites for hydroxylation is 1. The van der Waals surface area contributed by atoms with E-state index < -0.39 is 5.54 Å². The number of benzene rings is 2. The molecule has 1 fully saturated rings. The monoisotopic (exact) mass is 451 g/mol. The zero-order valence-electron chi connectivity index (χ0n) is 18.9. The second-order valence-electron chi connectivity index (χ2n) is 9.43. The zero-order valence-corrected chi connectivity index (χ0v) is 18.9. The van der Waals surface area contributed by atoms with Gasteiger partial charge < -0.3 is 0 Å². The Hall–Kier alpha value is -4.00. The van der Waals surface area contributed by atoms with Crippen molar-refractivity contribution in [2.45, 2.75) is 38.1 Å². The van der Waals surface area contributed by atoms with Crippen LogP contribution in [0.15, 0.2) is 72.0 Å². The van der Waals surface area contributed by atoms with Crippen molar-refractivity contribution in [3.05, 3.63) is 88.8 Å². The highest BCUT2D eigenvalue weighted by Crippen LogP contribution is 2.47. The van der Waals surface area contributed by atoms with E-state index in [0.29, 0.717) is 5.92 Å². The molecule has 0 bridgehead atoms. The van der Waals surface area contributed by atoms with Gasteiger partial charge in [0.15, 0.2) is 11.3 Å². The Labute approximate surface area is 195 Å². The van der Waals surface area contributed by atoms with Crippen molar-refractivity contribution < 1.29 is 4.39 Å². The van der Waals surface area contributed by atoms with Crippen molar-refractivity contribution in [1.29, 1.82) is 0 Å². The highest BCUT2D eigenvalue weighted by atomic mass is 19.1. The third-order valence-electron chi connectivity index (χ3n) is 6.78. The van der Waals surface area contributed by atoms with E-state index in [0.717, 1.165) is 57.6 Å². The molecule has 0 N–H and O–H groups in total. The smallest absolute Gasteiger partial charge is 0.165 e. The number of hydrogen-bond donors (Lipinski definition) is 0. The van der Waals surface area contributed by atoms with Gasteiger partial charge >= 0.3 is 0 Å². The molecular formula is C27H22FN5O. The van der Waals surface area contributed by atoms with Crippen LogP contribution in [0.3, 0.4) is 0 Å². The Balaban J connectivity index is 1.50. The van der Waals surface area contributed by atoms with Crippen molar-refractivity contribution in [1.82, 2.24) is 19.6 Å². The van der Waals surface area contributed by atoms with E-state index in [4.69, 9.17) is 4.98 Å². The average Bonchev–Trinajstić information content (AvgIpc) is 3.22. The van der Waals surface area contributed by atoms with E-state index in [1.54, 1.807) is 22.8 Å². The molecule has 1 saturated carbocycles. The molecule has 1 aliphatic rings. The summed E-state index contributed by atoms with van der Waals surface area (Å²) in [7, 11) is 0. The number of nitroso groups, excluding NO2 is 1. The van der Waals surface area contributed by atoms with E-state index in [1.165, 1.54) is 17.7 Å². The minimum atomic E-state index is -0.444. The van der Waals surface area contributed by atoms with Crippen molar-refractivity contribution in [2.75, 3.05) is 0 Å². The van der Waals surface area contributed by atoms with E-state index >= 15 is 0 Å². The van der Waals surface area contributed by atoms with Crippen molar-refractivity contribution in [3.63, 3.8) is 0 Å². The van der Waals surface area contributed by atoms with E-state index in [9.17, 15) is 9.30 Å². The van der Waals surface area contributed by atoms with E-state index in [-0.39, 0.29) is 5.82 Å². The first kappa shape index (κ1) is 20.6. The summed E-state index contributed by atoms with van der Waals surface area (Å²) in [5.41, 5.74) is 6.59. The van der Waals surface area contributed by atoms with Gasteiger partial charge in [0.05, 0.1) is 11.4 Å². The third kappa shape index (κ3) is 3.36. The molecule has 0 atom stereocenters. The minimum absolute atomic E-state index is 0.281. The number of nitrogens with zero attached hydrogens (tertiary/aromatic N) is 5. The van der Waals surface area contributed by atoms with Gasteiger partial charge in [0.1, 0.15) is 11.4 Å². The maximum atomic E-state index is 13.6. The Bertz CT molecular complexity index is 1550. The van der Waals surface area contributed by atoms with Gasteiger partial charge in [0, 0.05) is 28.8 Å². The molecule has 6 nitrogen and oxygen atoms in total. The molecule has 0 saturated heterocycles. The lowest BCUT2D eigenvalue weighted by Gasteiger charge is -2.39. The second kappa shape index (κ2) is 7.52. The number of rotatable bonds is 4. The first-order chi connectivity index (χ1) is 16.4. The maximum absolute atomic E-state index is 13.6. The lowest BCUT2D eigenvalue weighted by molar-refractivity contribution is 0.231. The van der Waals surface area contributed by atoms with Crippen LogP contribution in [-0.2, 0) is 0 Å². The molecule has 2 aromatic carbocycles. The van der Waals surface area contributed by atoms with Crippen LogP contribution in [0.1, 0.15) is 36.9 Å². The van der Waals surface area contributed by atoms with Crippen molar-refractivity contribution in [3.8, 4) is 22.4 Å². The summed E-state index contributed by atoms with van der Waals surface area (Å²) in [5, 5.41) is 8.70. The Morgan fingerprint density at radius 1 is 1.03 bits per heavy atom. The van der Waals surface area contributed by atoms with Crippen molar-refractivity contribution >= 4 is 16.7 Å². The summed E-state index contributed by atoms with van der Waals surface area (Å²) >= 11 is 0. The van der Waals surface area contributed by atoms with Gasteiger partial charge in [-0.1, -0.05) is 41.6 Å². The minimum Gasteiger partial charge on any atom is -0.236 e. The van der Waals surface area contributed by atoms with Crippen LogP contribution in [0, 0.1) is 17.6 Å². The fourth-order valence-corrected chi connectivity index (χ4v) is 4.95. The highest BCUT2D eigenvalue weighted by Gasteiger charge is 2.42. The van der Waals surface area contributed by atoms with E-state index in [2.05, 4.69) is 39.5 Å². The average molecular weight is 452 g/mol. The molecule has 5 aromatic rings. The van der Waals surface area contributed by atoms with Gasteiger partial charge in [0.25, 0.3) is 0 Å². The van der Waals surface area contributed by atoms with Crippen LogP contribution in [0.2, 0.25) is 0 Å². The van der Waals surface area contributed by atoms with Gasteiger partial charge in [-0.25, -0.2) is 14.4 Å². The first-order valence-electron chi connectivity index (χ1n) is 11.3. The summed E-state index contributed by atoms with van der Waals surface area (Å²) in [4.78, 5) is 20.6. The standard InChI is InChI=1S/C27H22FN5O/c1-16-11-24-29-15-20-12-23(18-7-9-22(28)10-8-18)25(30-26(20)33(24)31-16)19-5-3-17(4-6-19)21-13-27(2,14-21)32-34/h3-12,15,21H,13-14H2,1-2H3. The van der Waals surface area contributed by atoms with Gasteiger partial charge in [0.2, 0.25) is 0 Å². The topological polar surface area (TPSA) is 72.5 Å². The Kier molecular flexibility index (Phi) is 4.55. The lowest BCUT2D eigenvalue weighted by atomic mass is 9.67. The molecule has 0 aliphatic heterocycles. The van der Waals surface area contributed by atoms with E-state index in [1.807, 2.05) is 26.0 Å². The van der Waals surface area contributed by atoms with Crippen LogP contribution < -0.4 is 0 Å². The largest absolute Gasteiger partial charge is 0.236 e. The SMILES string of the molecule is Cc1cc2ncc3cc(-c4ccc(F)cc4)c(-c4ccc(C5CC(C)(N=O)C5)cc4)nc3n2n1. The number of pyridine rings is 1. The maximum Gasteiger partial charge on any atom is 0.165 e. The van der Waals surface area contributed by atoms with Gasteiger partial charge in [-0.2, -0.15) is 14.5 Å². The molecule has 3 heterocycles. The van der Waals surface area contributed by atoms with Crippen LogP contribution in [0.4, 0.5) is 4.39 Å². The van der Waals surface area contributed by atoms with Gasteiger partial charge in [-0.05, 0) is 61.9 Å². The van der Waals surface area contributed by atoms with Crippen LogP contribution >= 0.6 is 0 Å². The normalized spacial score (nSPS) is 19.9. The van der Waals surface area contributed by atoms with Crippen LogP contribution in [0.25, 0.3) is 39.1 Å². The van der Waals surface area contributed by atoms with Crippen LogP contribution in [0.5, 0.6) is 0 Å². The molecule has 3 aromatic heterocycles. The molecular weight excluding hydrogens is 429 g/mol. The van der Waals surface area contributed by atoms with Gasteiger partial charge in [-0.15, -0.1) is 0 Å². The lowest BCUT2D eigenvalue weighted by Crippen LogP contribution is -2.37. The number of hydrogen-bond acceptors (Lipinski definition) is 5. The molecule has 34 heavy (non-hydrogen) atoms. The molecule has 6 rings (SSSR count). The summed E-state index contributed by atoms with van der Waals surface area (Å²) in [6.07, 6.45) is 3.34. The Morgan fingerprint density at radius 2 is 1.74 bits per heavy atom. The molecule has 1 aliphatic carbocycles. The molecule has 0 amide bonds. The molecule has 0 unspecified atom stereocenters.